The maximum absolute atomic E-state index is 11.3. The van der Waals surface area contributed by atoms with Crippen LogP contribution in [0, 0.1) is 0 Å². The van der Waals surface area contributed by atoms with Crippen molar-refractivity contribution in [3.05, 3.63) is 113 Å². The van der Waals surface area contributed by atoms with Gasteiger partial charge in [-0.25, -0.2) is 9.97 Å². The molecule has 0 fully saturated rings. The zero-order valence-corrected chi connectivity index (χ0v) is 24.6. The van der Waals surface area contributed by atoms with E-state index in [1.807, 2.05) is 79.0 Å². The van der Waals surface area contributed by atoms with E-state index in [1.165, 1.54) is 0 Å². The third-order valence-electron chi connectivity index (χ3n) is 6.93. The molecule has 3 aromatic carbocycles. The van der Waals surface area contributed by atoms with Crippen molar-refractivity contribution >= 4 is 27.4 Å². The molecule has 0 spiro atoms. The predicted octanol–water partition coefficient (Wildman–Crippen LogP) is 6.76. The number of rotatable bonds is 13. The molecule has 0 atom stereocenters. The Balaban J connectivity index is 1.35. The second-order valence-corrected chi connectivity index (χ2v) is 12.1. The molecule has 8 nitrogen and oxygen atoms in total. The number of halogens is 1. The summed E-state index contributed by atoms with van der Waals surface area (Å²) >= 11 is 6.38. The average molecular weight is 606 g/mol. The Morgan fingerprint density at radius 2 is 1.50 bits per heavy atom. The summed E-state index contributed by atoms with van der Waals surface area (Å²) in [6.07, 6.45) is 5.33. The number of unbranched alkanes of at least 4 members (excludes halogenated alkanes) is 3. The predicted molar refractivity (Wildman–Crippen MR) is 164 cm³/mol. The Kier molecular flexibility index (Phi) is 9.41. The monoisotopic (exact) mass is 605 g/mol. The number of hydrogen-bond donors (Lipinski definition) is 2. The number of nitrogens with zero attached hydrogens (tertiary/aromatic N) is 3. The minimum absolute atomic E-state index is 0.0567. The third-order valence-corrected chi connectivity index (χ3v) is 8.04. The lowest BCUT2D eigenvalue weighted by molar-refractivity contribution is 0.305. The SMILES string of the molecule is O=S(=O)(O)CCCCCCOc1cc(Cc2nc3c(Cc4ccccc4)nc(-c4ccccc4)cn3c2O)ccc1Cl. The molecule has 2 N–H and O–H groups in total. The van der Waals surface area contributed by atoms with Crippen LogP contribution < -0.4 is 4.74 Å². The van der Waals surface area contributed by atoms with Crippen molar-refractivity contribution in [3.8, 4) is 22.9 Å². The van der Waals surface area contributed by atoms with Gasteiger partial charge in [0.15, 0.2) is 5.65 Å². The highest BCUT2D eigenvalue weighted by atomic mass is 35.5. The molecule has 0 aliphatic heterocycles. The molecule has 0 amide bonds. The molecular formula is C32H32ClN3O5S. The van der Waals surface area contributed by atoms with Gasteiger partial charge in [-0.1, -0.05) is 91.2 Å². The van der Waals surface area contributed by atoms with Crippen LogP contribution in [0.3, 0.4) is 0 Å². The highest BCUT2D eigenvalue weighted by molar-refractivity contribution is 7.85. The molecule has 10 heteroatoms. The molecule has 218 valence electrons. The summed E-state index contributed by atoms with van der Waals surface area (Å²) in [6, 6.07) is 25.4. The molecule has 5 aromatic rings. The summed E-state index contributed by atoms with van der Waals surface area (Å²) in [5.41, 5.74) is 5.55. The molecule has 0 saturated heterocycles. The maximum atomic E-state index is 11.3. The van der Waals surface area contributed by atoms with Crippen molar-refractivity contribution in [1.82, 2.24) is 14.4 Å². The van der Waals surface area contributed by atoms with Gasteiger partial charge in [0, 0.05) is 24.6 Å². The van der Waals surface area contributed by atoms with Crippen molar-refractivity contribution in [1.29, 1.82) is 0 Å². The zero-order chi connectivity index (χ0) is 29.5. The lowest BCUT2D eigenvalue weighted by Crippen LogP contribution is -2.04. The minimum atomic E-state index is -3.92. The zero-order valence-electron chi connectivity index (χ0n) is 23.0. The molecule has 0 bridgehead atoms. The Labute approximate surface area is 250 Å². The summed E-state index contributed by atoms with van der Waals surface area (Å²) in [6.45, 7) is 0.422. The fraction of sp³-hybridized carbons (Fsp3) is 0.250. The molecule has 0 aliphatic rings. The Bertz CT molecular complexity index is 1760. The molecule has 0 unspecified atom stereocenters. The van der Waals surface area contributed by atoms with E-state index < -0.39 is 10.1 Å². The lowest BCUT2D eigenvalue weighted by Gasteiger charge is -2.10. The largest absolute Gasteiger partial charge is 0.493 e. The van der Waals surface area contributed by atoms with Crippen LogP contribution in [-0.4, -0.2) is 44.8 Å². The van der Waals surface area contributed by atoms with E-state index in [-0.39, 0.29) is 11.6 Å². The van der Waals surface area contributed by atoms with Crippen molar-refractivity contribution in [3.63, 3.8) is 0 Å². The van der Waals surface area contributed by atoms with Crippen molar-refractivity contribution in [2.24, 2.45) is 0 Å². The molecule has 0 radical (unpaired) electrons. The van der Waals surface area contributed by atoms with E-state index in [9.17, 15) is 13.5 Å². The fourth-order valence-corrected chi connectivity index (χ4v) is 5.54. The third kappa shape index (κ3) is 7.67. The van der Waals surface area contributed by atoms with E-state index in [0.717, 1.165) is 40.9 Å². The molecule has 5 rings (SSSR count). The van der Waals surface area contributed by atoms with Crippen LogP contribution in [0.2, 0.25) is 5.02 Å². The number of fused-ring (bicyclic) bond motifs is 1. The molecule has 2 aromatic heterocycles. The molecule has 0 saturated carbocycles. The standard InChI is InChI=1S/C32H32ClN3O5S/c33-26-16-15-24(21-30(26)41-17-9-1-2-10-18-42(38,39)40)20-28-32(37)36-22-29(25-13-7-4-8-14-25)34-27(31(36)35-28)19-23-11-5-3-6-12-23/h3-8,11-16,21-22,37H,1-2,9-10,17-20H2,(H,38,39,40). The average Bonchev–Trinajstić information content (AvgIpc) is 3.29. The first-order valence-electron chi connectivity index (χ1n) is 13.8. The van der Waals surface area contributed by atoms with Crippen LogP contribution in [0.25, 0.3) is 16.9 Å². The topological polar surface area (TPSA) is 114 Å². The first-order chi connectivity index (χ1) is 20.3. The number of ether oxygens (including phenoxy) is 1. The van der Waals surface area contributed by atoms with Gasteiger partial charge < -0.3 is 9.84 Å². The Morgan fingerprint density at radius 3 is 2.24 bits per heavy atom. The van der Waals surface area contributed by atoms with Crippen molar-refractivity contribution in [2.45, 2.75) is 38.5 Å². The van der Waals surface area contributed by atoms with E-state index in [1.54, 1.807) is 10.5 Å². The Hall–Kier alpha value is -3.92. The van der Waals surface area contributed by atoms with Gasteiger partial charge in [0.1, 0.15) is 11.4 Å². The summed E-state index contributed by atoms with van der Waals surface area (Å²) in [5.74, 6) is 0.365. The van der Waals surface area contributed by atoms with Crippen molar-refractivity contribution in [2.75, 3.05) is 12.4 Å². The first kappa shape index (κ1) is 29.6. The summed E-state index contributed by atoms with van der Waals surface area (Å²) in [4.78, 5) is 9.78. The molecule has 0 aliphatic carbocycles. The van der Waals surface area contributed by atoms with E-state index >= 15 is 0 Å². The number of aromatic hydroxyl groups is 1. The van der Waals surface area contributed by atoms with Gasteiger partial charge in [-0.05, 0) is 36.1 Å². The van der Waals surface area contributed by atoms with Crippen LogP contribution in [0.15, 0.2) is 85.1 Å². The van der Waals surface area contributed by atoms with Crippen LogP contribution in [0.4, 0.5) is 0 Å². The summed E-state index contributed by atoms with van der Waals surface area (Å²) < 4.78 is 38.1. The van der Waals surface area contributed by atoms with Crippen molar-refractivity contribution < 1.29 is 22.8 Å². The van der Waals surface area contributed by atoms with Crippen LogP contribution in [0.5, 0.6) is 11.6 Å². The van der Waals surface area contributed by atoms with Gasteiger partial charge in [0.25, 0.3) is 10.1 Å². The Morgan fingerprint density at radius 1 is 0.810 bits per heavy atom. The van der Waals surface area contributed by atoms with E-state index in [4.69, 9.17) is 30.9 Å². The summed E-state index contributed by atoms with van der Waals surface area (Å²) in [5, 5.41) is 11.8. The number of benzene rings is 3. The molecule has 42 heavy (non-hydrogen) atoms. The number of aromatic nitrogens is 3. The van der Waals surface area contributed by atoms with Crippen LogP contribution in [-0.2, 0) is 23.0 Å². The first-order valence-corrected chi connectivity index (χ1v) is 15.8. The highest BCUT2D eigenvalue weighted by Crippen LogP contribution is 2.31. The maximum Gasteiger partial charge on any atom is 0.264 e. The normalized spacial score (nSPS) is 11.7. The number of hydrogen-bond acceptors (Lipinski definition) is 6. The van der Waals surface area contributed by atoms with Crippen LogP contribution in [0.1, 0.15) is 48.2 Å². The van der Waals surface area contributed by atoms with Gasteiger partial charge >= 0.3 is 0 Å². The molecular weight excluding hydrogens is 574 g/mol. The van der Waals surface area contributed by atoms with Gasteiger partial charge in [-0.15, -0.1) is 0 Å². The highest BCUT2D eigenvalue weighted by Gasteiger charge is 2.18. The fourth-order valence-electron chi connectivity index (χ4n) is 4.80. The second-order valence-electron chi connectivity index (χ2n) is 10.2. The van der Waals surface area contributed by atoms with Gasteiger partial charge in [0.2, 0.25) is 5.88 Å². The quantitative estimate of drug-likeness (QED) is 0.112. The minimum Gasteiger partial charge on any atom is -0.493 e. The van der Waals surface area contributed by atoms with E-state index in [2.05, 4.69) is 0 Å². The lowest BCUT2D eigenvalue weighted by atomic mass is 10.1. The smallest absolute Gasteiger partial charge is 0.264 e. The van der Waals surface area contributed by atoms with Gasteiger partial charge in [-0.3, -0.25) is 8.95 Å². The molecule has 2 heterocycles. The van der Waals surface area contributed by atoms with Gasteiger partial charge in [0.05, 0.1) is 28.8 Å². The van der Waals surface area contributed by atoms with Gasteiger partial charge in [-0.2, -0.15) is 8.42 Å². The van der Waals surface area contributed by atoms with E-state index in [0.29, 0.717) is 54.4 Å². The number of imidazole rings is 1. The van der Waals surface area contributed by atoms with Crippen LogP contribution >= 0.6 is 11.6 Å². The summed E-state index contributed by atoms with van der Waals surface area (Å²) in [7, 11) is -3.92. The second kappa shape index (κ2) is 13.4.